The van der Waals surface area contributed by atoms with Gasteiger partial charge in [-0.05, 0) is 125 Å². The van der Waals surface area contributed by atoms with Crippen molar-refractivity contribution in [2.24, 2.45) is 0 Å². The average molecular weight is 841 g/mol. The number of allylic oxidation sites excluding steroid dienone is 14. The summed E-state index contributed by atoms with van der Waals surface area (Å²) in [4.78, 5) is 0. The lowest BCUT2D eigenvalue weighted by molar-refractivity contribution is 0.732. The van der Waals surface area contributed by atoms with Crippen molar-refractivity contribution >= 4 is 33.1 Å². The van der Waals surface area contributed by atoms with Crippen molar-refractivity contribution in [3.8, 4) is 16.8 Å². The Morgan fingerprint density at radius 1 is 0.677 bits per heavy atom. The first-order valence-electron chi connectivity index (χ1n) is 22.4. The topological polar surface area (TPSA) is 30.9 Å². The number of hydrogen-bond donors (Lipinski definition) is 1. The highest BCUT2D eigenvalue weighted by Gasteiger charge is 2.47. The van der Waals surface area contributed by atoms with E-state index in [4.69, 9.17) is 5.73 Å². The SMILES string of the molecule is C=C/C=C(\C=C(/C)C(=C)/C=C\C=C/C)c1ccc2c(c1)c1ccccc1n2-c1ccc(C)cc1.Nc1ccc2c(c1)C(C1=CC=CC1)(c1ccccc1)c1ccccc1-2.c1ccccc1. The van der Waals surface area contributed by atoms with E-state index >= 15 is 0 Å². The maximum atomic E-state index is 6.23. The van der Waals surface area contributed by atoms with Crippen molar-refractivity contribution in [2.45, 2.75) is 32.6 Å². The number of nitrogens with zero attached hydrogens (tertiary/aromatic N) is 1. The molecule has 2 aliphatic rings. The maximum absolute atomic E-state index is 6.23. The Labute approximate surface area is 385 Å². The Morgan fingerprint density at radius 2 is 1.34 bits per heavy atom. The zero-order valence-corrected chi connectivity index (χ0v) is 37.7. The van der Waals surface area contributed by atoms with Crippen LogP contribution in [-0.2, 0) is 5.41 Å². The van der Waals surface area contributed by atoms with Gasteiger partial charge in [-0.2, -0.15) is 0 Å². The molecular formula is C63H56N2. The van der Waals surface area contributed by atoms with Gasteiger partial charge >= 0.3 is 0 Å². The van der Waals surface area contributed by atoms with E-state index in [-0.39, 0.29) is 5.41 Å². The molecule has 318 valence electrons. The summed E-state index contributed by atoms with van der Waals surface area (Å²) in [6.45, 7) is 14.4. The lowest BCUT2D eigenvalue weighted by Crippen LogP contribution is -2.29. The van der Waals surface area contributed by atoms with Gasteiger partial charge in [-0.1, -0.05) is 213 Å². The van der Waals surface area contributed by atoms with E-state index < -0.39 is 0 Å². The molecule has 2 N–H and O–H groups in total. The third kappa shape index (κ3) is 8.98. The second kappa shape index (κ2) is 20.1. The number of aryl methyl sites for hydroxylation is 1. The molecule has 0 aliphatic heterocycles. The van der Waals surface area contributed by atoms with E-state index in [0.29, 0.717) is 0 Å². The first-order chi connectivity index (χ1) is 31.8. The smallest absolute Gasteiger partial charge is 0.0680 e. The molecule has 7 aromatic carbocycles. The molecule has 0 saturated carbocycles. The summed E-state index contributed by atoms with van der Waals surface area (Å²) in [6.07, 6.45) is 21.8. The van der Waals surface area contributed by atoms with Gasteiger partial charge in [-0.3, -0.25) is 0 Å². The Bertz CT molecular complexity index is 3140. The molecule has 2 aliphatic carbocycles. The van der Waals surface area contributed by atoms with Crippen molar-refractivity contribution in [3.63, 3.8) is 0 Å². The van der Waals surface area contributed by atoms with Crippen LogP contribution in [0.3, 0.4) is 0 Å². The summed E-state index contributed by atoms with van der Waals surface area (Å²) in [5, 5.41) is 2.48. The third-order valence-electron chi connectivity index (χ3n) is 12.3. The van der Waals surface area contributed by atoms with Crippen molar-refractivity contribution < 1.29 is 0 Å². The van der Waals surface area contributed by atoms with Crippen LogP contribution in [0.4, 0.5) is 5.69 Å². The van der Waals surface area contributed by atoms with Crippen molar-refractivity contribution in [1.29, 1.82) is 0 Å². The number of hydrogen-bond acceptors (Lipinski definition) is 1. The van der Waals surface area contributed by atoms with E-state index in [1.54, 1.807) is 0 Å². The lowest BCUT2D eigenvalue weighted by Gasteiger charge is -2.35. The second-order valence-electron chi connectivity index (χ2n) is 16.5. The molecule has 0 fully saturated rings. The van der Waals surface area contributed by atoms with Crippen LogP contribution in [0.5, 0.6) is 0 Å². The zero-order chi connectivity index (χ0) is 45.2. The van der Waals surface area contributed by atoms with Crippen molar-refractivity contribution in [3.05, 3.63) is 294 Å². The molecule has 65 heavy (non-hydrogen) atoms. The summed E-state index contributed by atoms with van der Waals surface area (Å²) >= 11 is 0. The Kier molecular flexibility index (Phi) is 13.5. The van der Waals surface area contributed by atoms with Crippen LogP contribution in [0.1, 0.15) is 48.1 Å². The number of nitrogens with two attached hydrogens (primary N) is 1. The number of benzene rings is 7. The minimum Gasteiger partial charge on any atom is -0.399 e. The first kappa shape index (κ1) is 43.7. The van der Waals surface area contributed by atoms with Gasteiger partial charge in [0, 0.05) is 22.1 Å². The largest absolute Gasteiger partial charge is 0.399 e. The molecule has 2 heteroatoms. The summed E-state index contributed by atoms with van der Waals surface area (Å²) < 4.78 is 2.35. The van der Waals surface area contributed by atoms with Crippen molar-refractivity contribution in [2.75, 3.05) is 5.73 Å². The molecular weight excluding hydrogens is 785 g/mol. The number of rotatable bonds is 9. The molecule has 8 aromatic rings. The average Bonchev–Trinajstić information content (AvgIpc) is 4.08. The molecule has 0 radical (unpaired) electrons. The van der Waals surface area contributed by atoms with E-state index in [2.05, 4.69) is 195 Å². The first-order valence-corrected chi connectivity index (χ1v) is 22.4. The van der Waals surface area contributed by atoms with Crippen LogP contribution in [0.25, 0.3) is 44.2 Å². The maximum Gasteiger partial charge on any atom is 0.0680 e. The zero-order valence-electron chi connectivity index (χ0n) is 37.7. The number of nitrogen functional groups attached to an aromatic ring is 1. The van der Waals surface area contributed by atoms with Crippen LogP contribution in [-0.4, -0.2) is 4.57 Å². The molecule has 0 saturated heterocycles. The Hall–Kier alpha value is -7.94. The summed E-state index contributed by atoms with van der Waals surface area (Å²) in [7, 11) is 0. The number of aromatic nitrogens is 1. The van der Waals surface area contributed by atoms with Crippen LogP contribution in [0.2, 0.25) is 0 Å². The second-order valence-corrected chi connectivity index (χ2v) is 16.5. The fourth-order valence-electron chi connectivity index (χ4n) is 9.16. The standard InChI is InChI=1S/C33H31N.C24H19N.C6H6/c1-6-8-9-13-25(4)26(5)22-27(12-7-2)28-18-21-33-31(23-28)30-14-10-11-15-32(30)34(33)29-19-16-24(3)17-20-29;25-19-14-15-21-20-12-6-7-13-22(20)24(23(21)16-19,18-10-4-5-11-18)17-8-2-1-3-9-17;1-2-4-6-5-3-1/h6-23H,2,4H2,1,3,5H3;1-10,12-16H,11,25H2;1-6H/b8-6-,13-9-,26-22+,27-12+;;. The van der Waals surface area contributed by atoms with Gasteiger partial charge in [-0.25, -0.2) is 0 Å². The van der Waals surface area contributed by atoms with Crippen LogP contribution in [0.15, 0.2) is 267 Å². The van der Waals surface area contributed by atoms with E-state index in [1.807, 2.05) is 79.8 Å². The van der Waals surface area contributed by atoms with E-state index in [1.165, 1.54) is 66.4 Å². The van der Waals surface area contributed by atoms with Gasteiger partial charge in [0.25, 0.3) is 0 Å². The molecule has 1 aromatic heterocycles. The Balaban J connectivity index is 0.000000162. The van der Waals surface area contributed by atoms with Crippen LogP contribution < -0.4 is 5.73 Å². The molecule has 1 atom stereocenters. The van der Waals surface area contributed by atoms with Gasteiger partial charge in [0.05, 0.1) is 16.4 Å². The lowest BCUT2D eigenvalue weighted by atomic mass is 9.67. The fraction of sp³-hybridized carbons (Fsp3) is 0.0794. The van der Waals surface area contributed by atoms with Gasteiger partial charge in [0.2, 0.25) is 0 Å². The van der Waals surface area contributed by atoms with Crippen LogP contribution in [0, 0.1) is 6.92 Å². The predicted molar refractivity (Wildman–Crippen MR) is 281 cm³/mol. The highest BCUT2D eigenvalue weighted by Crippen LogP contribution is 2.57. The molecule has 0 spiro atoms. The summed E-state index contributed by atoms with van der Waals surface area (Å²) in [5.41, 5.74) is 24.0. The molecule has 0 amide bonds. The molecule has 0 bridgehead atoms. The summed E-state index contributed by atoms with van der Waals surface area (Å²) in [6, 6.07) is 62.0. The Morgan fingerprint density at radius 3 is 2.05 bits per heavy atom. The number of fused-ring (bicyclic) bond motifs is 6. The normalized spacial score (nSPS) is 15.3. The van der Waals surface area contributed by atoms with Crippen molar-refractivity contribution in [1.82, 2.24) is 4.57 Å². The third-order valence-corrected chi connectivity index (χ3v) is 12.3. The van der Waals surface area contributed by atoms with Gasteiger partial charge in [0.1, 0.15) is 0 Å². The summed E-state index contributed by atoms with van der Waals surface area (Å²) in [5.74, 6) is 0. The highest BCUT2D eigenvalue weighted by atomic mass is 15.0. The van der Waals surface area contributed by atoms with E-state index in [9.17, 15) is 0 Å². The number of para-hydroxylation sites is 1. The molecule has 1 unspecified atom stereocenters. The van der Waals surface area contributed by atoms with E-state index in [0.717, 1.165) is 34.4 Å². The van der Waals surface area contributed by atoms with Gasteiger partial charge in [0.15, 0.2) is 0 Å². The minimum atomic E-state index is -0.258. The molecule has 1 heterocycles. The minimum absolute atomic E-state index is 0.258. The molecule has 10 rings (SSSR count). The number of anilines is 1. The van der Waals surface area contributed by atoms with Crippen LogP contribution >= 0.6 is 0 Å². The fourth-order valence-corrected chi connectivity index (χ4v) is 9.16. The van der Waals surface area contributed by atoms with Gasteiger partial charge < -0.3 is 10.3 Å². The highest BCUT2D eigenvalue weighted by molar-refractivity contribution is 6.10. The van der Waals surface area contributed by atoms with Gasteiger partial charge in [-0.15, -0.1) is 0 Å². The predicted octanol–water partition coefficient (Wildman–Crippen LogP) is 16.5. The quantitative estimate of drug-likeness (QED) is 0.114. The molecule has 2 nitrogen and oxygen atoms in total. The monoisotopic (exact) mass is 840 g/mol.